The molecule has 0 unspecified atom stereocenters. The molecule has 0 amide bonds. The van der Waals surface area contributed by atoms with Gasteiger partial charge in [0, 0.05) is 22.6 Å². The lowest BCUT2D eigenvalue weighted by atomic mass is 10.1. The molecule has 1 fully saturated rings. The van der Waals surface area contributed by atoms with Crippen molar-refractivity contribution in [2.45, 2.75) is 32.4 Å². The summed E-state index contributed by atoms with van der Waals surface area (Å²) in [7, 11) is 1.74. The van der Waals surface area contributed by atoms with Crippen molar-refractivity contribution in [1.29, 1.82) is 0 Å². The molecule has 0 saturated carbocycles. The summed E-state index contributed by atoms with van der Waals surface area (Å²) < 4.78 is 6.52. The molecule has 0 bridgehead atoms. The van der Waals surface area contributed by atoms with Crippen molar-refractivity contribution >= 4 is 15.9 Å². The Morgan fingerprint density at radius 1 is 1.50 bits per heavy atom. The molecule has 2 nitrogen and oxygen atoms in total. The Morgan fingerprint density at radius 2 is 2.31 bits per heavy atom. The van der Waals surface area contributed by atoms with Gasteiger partial charge in [-0.1, -0.05) is 15.9 Å². The highest BCUT2D eigenvalue weighted by Crippen LogP contribution is 2.27. The second-order valence-electron chi connectivity index (χ2n) is 4.42. The Labute approximate surface area is 106 Å². The van der Waals surface area contributed by atoms with Gasteiger partial charge in [0.05, 0.1) is 7.11 Å². The number of nitrogens with zero attached hydrogens (tertiary/aromatic N) is 1. The fourth-order valence-corrected chi connectivity index (χ4v) is 2.73. The summed E-state index contributed by atoms with van der Waals surface area (Å²) in [4.78, 5) is 2.52. The monoisotopic (exact) mass is 283 g/mol. The van der Waals surface area contributed by atoms with Gasteiger partial charge in [-0.3, -0.25) is 4.90 Å². The fourth-order valence-electron chi connectivity index (χ4n) is 2.32. The van der Waals surface area contributed by atoms with Crippen LogP contribution < -0.4 is 4.74 Å². The zero-order valence-corrected chi connectivity index (χ0v) is 11.5. The zero-order chi connectivity index (χ0) is 11.5. The number of likely N-dealkylation sites (tertiary alicyclic amines) is 1. The smallest absolute Gasteiger partial charge is 0.123 e. The Balaban J connectivity index is 2.16. The number of rotatable bonds is 3. The standard InChI is InChI=1S/C13H18BrNO/c1-10-4-3-7-15(10)9-11-8-12(14)5-6-13(11)16-2/h5-6,8,10H,3-4,7,9H2,1-2H3/t10-/m1/s1. The zero-order valence-electron chi connectivity index (χ0n) is 9.87. The first kappa shape index (κ1) is 11.9. The second-order valence-corrected chi connectivity index (χ2v) is 5.33. The van der Waals surface area contributed by atoms with E-state index in [9.17, 15) is 0 Å². The number of halogens is 1. The summed E-state index contributed by atoms with van der Waals surface area (Å²) >= 11 is 3.52. The second kappa shape index (κ2) is 5.19. The van der Waals surface area contributed by atoms with Crippen LogP contribution in [0.1, 0.15) is 25.3 Å². The molecule has 0 aromatic heterocycles. The molecule has 0 aliphatic carbocycles. The van der Waals surface area contributed by atoms with Gasteiger partial charge in [-0.05, 0) is 44.5 Å². The minimum Gasteiger partial charge on any atom is -0.496 e. The van der Waals surface area contributed by atoms with E-state index in [0.29, 0.717) is 6.04 Å². The van der Waals surface area contributed by atoms with Crippen LogP contribution in [-0.4, -0.2) is 24.6 Å². The molecule has 1 saturated heterocycles. The van der Waals surface area contributed by atoms with Crippen LogP contribution in [0.5, 0.6) is 5.75 Å². The molecule has 3 heteroatoms. The van der Waals surface area contributed by atoms with Crippen molar-refractivity contribution < 1.29 is 4.74 Å². The van der Waals surface area contributed by atoms with Gasteiger partial charge in [-0.15, -0.1) is 0 Å². The minimum atomic E-state index is 0.698. The van der Waals surface area contributed by atoms with Crippen LogP contribution in [0.15, 0.2) is 22.7 Å². The lowest BCUT2D eigenvalue weighted by Crippen LogP contribution is -2.26. The molecule has 2 rings (SSSR count). The summed E-state index contributed by atoms with van der Waals surface area (Å²) in [5.41, 5.74) is 1.27. The Kier molecular flexibility index (Phi) is 3.87. The minimum absolute atomic E-state index is 0.698. The van der Waals surface area contributed by atoms with E-state index in [-0.39, 0.29) is 0 Å². The summed E-state index contributed by atoms with van der Waals surface area (Å²) in [6.45, 7) is 4.50. The van der Waals surface area contributed by atoms with E-state index in [1.807, 2.05) is 12.1 Å². The number of ether oxygens (including phenoxy) is 1. The average Bonchev–Trinajstić information content (AvgIpc) is 2.65. The predicted molar refractivity (Wildman–Crippen MR) is 69.8 cm³/mol. The van der Waals surface area contributed by atoms with Gasteiger partial charge in [0.1, 0.15) is 5.75 Å². The summed E-state index contributed by atoms with van der Waals surface area (Å²) in [5, 5.41) is 0. The van der Waals surface area contributed by atoms with E-state index in [0.717, 1.165) is 16.8 Å². The van der Waals surface area contributed by atoms with Crippen LogP contribution >= 0.6 is 15.9 Å². The molecule has 0 N–H and O–H groups in total. The molecule has 0 spiro atoms. The SMILES string of the molecule is COc1ccc(Br)cc1CN1CCC[C@H]1C. The van der Waals surface area contributed by atoms with Gasteiger partial charge in [0.15, 0.2) is 0 Å². The maximum Gasteiger partial charge on any atom is 0.123 e. The van der Waals surface area contributed by atoms with Gasteiger partial charge in [0.25, 0.3) is 0 Å². The van der Waals surface area contributed by atoms with E-state index in [2.05, 4.69) is 33.8 Å². The van der Waals surface area contributed by atoms with Gasteiger partial charge < -0.3 is 4.74 Å². The van der Waals surface area contributed by atoms with E-state index in [1.165, 1.54) is 24.9 Å². The molecule has 1 aromatic rings. The van der Waals surface area contributed by atoms with Crippen molar-refractivity contribution in [3.8, 4) is 5.75 Å². The highest BCUT2D eigenvalue weighted by Gasteiger charge is 2.21. The maximum absolute atomic E-state index is 5.40. The first-order chi connectivity index (χ1) is 7.70. The van der Waals surface area contributed by atoms with Crippen LogP contribution in [-0.2, 0) is 6.54 Å². The van der Waals surface area contributed by atoms with Gasteiger partial charge >= 0.3 is 0 Å². The summed E-state index contributed by atoms with van der Waals surface area (Å²) in [5.74, 6) is 0.988. The van der Waals surface area contributed by atoms with Gasteiger partial charge in [-0.25, -0.2) is 0 Å². The molecule has 1 aromatic carbocycles. The number of methoxy groups -OCH3 is 1. The van der Waals surface area contributed by atoms with Crippen molar-refractivity contribution in [2.24, 2.45) is 0 Å². The molecule has 1 heterocycles. The van der Waals surface area contributed by atoms with E-state index < -0.39 is 0 Å². The third kappa shape index (κ3) is 2.58. The lowest BCUT2D eigenvalue weighted by molar-refractivity contribution is 0.256. The first-order valence-corrected chi connectivity index (χ1v) is 6.56. The molecule has 16 heavy (non-hydrogen) atoms. The largest absolute Gasteiger partial charge is 0.496 e. The highest BCUT2D eigenvalue weighted by molar-refractivity contribution is 9.10. The van der Waals surface area contributed by atoms with E-state index >= 15 is 0 Å². The molecule has 1 aliphatic heterocycles. The van der Waals surface area contributed by atoms with Crippen molar-refractivity contribution in [3.63, 3.8) is 0 Å². The molecule has 1 atom stereocenters. The highest BCUT2D eigenvalue weighted by atomic mass is 79.9. The Morgan fingerprint density at radius 3 is 2.94 bits per heavy atom. The maximum atomic E-state index is 5.40. The first-order valence-electron chi connectivity index (χ1n) is 5.77. The van der Waals surface area contributed by atoms with Crippen LogP contribution in [0.25, 0.3) is 0 Å². The number of hydrogen-bond acceptors (Lipinski definition) is 2. The molecule has 88 valence electrons. The van der Waals surface area contributed by atoms with Crippen LogP contribution in [0.4, 0.5) is 0 Å². The van der Waals surface area contributed by atoms with E-state index in [1.54, 1.807) is 7.11 Å². The topological polar surface area (TPSA) is 12.5 Å². The third-order valence-electron chi connectivity index (χ3n) is 3.31. The van der Waals surface area contributed by atoms with Gasteiger partial charge in [0.2, 0.25) is 0 Å². The quantitative estimate of drug-likeness (QED) is 0.843. The van der Waals surface area contributed by atoms with Crippen LogP contribution in [0.2, 0.25) is 0 Å². The Hall–Kier alpha value is -0.540. The van der Waals surface area contributed by atoms with Gasteiger partial charge in [-0.2, -0.15) is 0 Å². The molecular weight excluding hydrogens is 266 g/mol. The summed E-state index contributed by atoms with van der Waals surface area (Å²) in [6.07, 6.45) is 2.63. The summed E-state index contributed by atoms with van der Waals surface area (Å²) in [6, 6.07) is 6.91. The fraction of sp³-hybridized carbons (Fsp3) is 0.538. The van der Waals surface area contributed by atoms with Crippen LogP contribution in [0, 0.1) is 0 Å². The lowest BCUT2D eigenvalue weighted by Gasteiger charge is -2.22. The molecule has 1 aliphatic rings. The third-order valence-corrected chi connectivity index (χ3v) is 3.80. The molecular formula is C13H18BrNO. The predicted octanol–water partition coefficient (Wildman–Crippen LogP) is 3.44. The normalized spacial score (nSPS) is 21.3. The van der Waals surface area contributed by atoms with Crippen LogP contribution in [0.3, 0.4) is 0 Å². The Bertz CT molecular complexity index is 367. The number of benzene rings is 1. The van der Waals surface area contributed by atoms with Crippen molar-refractivity contribution in [2.75, 3.05) is 13.7 Å². The van der Waals surface area contributed by atoms with E-state index in [4.69, 9.17) is 4.74 Å². The van der Waals surface area contributed by atoms with Crippen molar-refractivity contribution in [1.82, 2.24) is 4.90 Å². The van der Waals surface area contributed by atoms with Crippen molar-refractivity contribution in [3.05, 3.63) is 28.2 Å². The molecule has 0 radical (unpaired) electrons. The average molecular weight is 284 g/mol. The number of hydrogen-bond donors (Lipinski definition) is 0.